The molecule has 3 heteroatoms. The molecule has 1 atom stereocenters. The Morgan fingerprint density at radius 3 is 2.81 bits per heavy atom. The van der Waals surface area contributed by atoms with Crippen molar-refractivity contribution in [1.82, 2.24) is 10.3 Å². The fraction of sp³-hybridized carbons (Fsp3) is 0.500. The van der Waals surface area contributed by atoms with Crippen LogP contribution in [0.15, 0.2) is 30.5 Å². The van der Waals surface area contributed by atoms with Crippen molar-refractivity contribution in [2.24, 2.45) is 0 Å². The maximum Gasteiger partial charge on any atom is 0.136 e. The van der Waals surface area contributed by atoms with E-state index >= 15 is 0 Å². The molecule has 1 aromatic carbocycles. The van der Waals surface area contributed by atoms with Crippen molar-refractivity contribution >= 4 is 16.6 Å². The maximum absolute atomic E-state index is 4.83. The number of hydrogen-bond donors (Lipinski definition) is 1. The van der Waals surface area contributed by atoms with E-state index in [-0.39, 0.29) is 0 Å². The van der Waals surface area contributed by atoms with E-state index in [9.17, 15) is 0 Å². The third-order valence-corrected chi connectivity index (χ3v) is 4.55. The molecule has 21 heavy (non-hydrogen) atoms. The quantitative estimate of drug-likeness (QED) is 0.930. The first-order chi connectivity index (χ1) is 10.3. The molecule has 0 amide bonds. The van der Waals surface area contributed by atoms with Crippen LogP contribution in [0.1, 0.15) is 38.2 Å². The molecule has 3 nitrogen and oxygen atoms in total. The smallest absolute Gasteiger partial charge is 0.136 e. The van der Waals surface area contributed by atoms with Gasteiger partial charge in [-0.3, -0.25) is 0 Å². The Kier molecular flexibility index (Phi) is 4.39. The van der Waals surface area contributed by atoms with Crippen LogP contribution in [0.2, 0.25) is 0 Å². The summed E-state index contributed by atoms with van der Waals surface area (Å²) in [7, 11) is 1.99. The highest BCUT2D eigenvalue weighted by atomic mass is 15.2. The van der Waals surface area contributed by atoms with Crippen molar-refractivity contribution in [3.8, 4) is 0 Å². The molecular weight excluding hydrogens is 258 g/mol. The van der Waals surface area contributed by atoms with E-state index in [1.54, 1.807) is 0 Å². The molecule has 0 spiro atoms. The van der Waals surface area contributed by atoms with Crippen LogP contribution in [0, 0.1) is 0 Å². The Labute approximate surface area is 127 Å². The molecule has 0 saturated carbocycles. The van der Waals surface area contributed by atoms with Crippen LogP contribution in [-0.4, -0.2) is 24.6 Å². The van der Waals surface area contributed by atoms with Crippen LogP contribution < -0.4 is 10.2 Å². The minimum Gasteiger partial charge on any atom is -0.353 e. The van der Waals surface area contributed by atoms with Gasteiger partial charge < -0.3 is 10.2 Å². The predicted octanol–water partition coefficient (Wildman–Crippen LogP) is 3.72. The van der Waals surface area contributed by atoms with Crippen molar-refractivity contribution < 1.29 is 0 Å². The van der Waals surface area contributed by atoms with E-state index in [4.69, 9.17) is 4.98 Å². The summed E-state index contributed by atoms with van der Waals surface area (Å²) in [5.41, 5.74) is 1.28. The standard InChI is InChI=1S/C18H25N3/c1-14-8-4-3-7-11-21(14)18-17-10-6-5-9-16(17)15(12-19-2)13-20-18/h5-6,9-10,13-14,19H,3-4,7-8,11-12H2,1-2H3. The lowest BCUT2D eigenvalue weighted by molar-refractivity contribution is 0.612. The van der Waals surface area contributed by atoms with Gasteiger partial charge in [0.2, 0.25) is 0 Å². The van der Waals surface area contributed by atoms with Crippen molar-refractivity contribution in [3.05, 3.63) is 36.0 Å². The fourth-order valence-electron chi connectivity index (χ4n) is 3.39. The average Bonchev–Trinajstić information content (AvgIpc) is 2.73. The van der Waals surface area contributed by atoms with Gasteiger partial charge in [-0.2, -0.15) is 0 Å². The van der Waals surface area contributed by atoms with E-state index in [1.807, 2.05) is 13.2 Å². The Bertz CT molecular complexity index is 608. The molecule has 0 radical (unpaired) electrons. The second-order valence-electron chi connectivity index (χ2n) is 6.07. The first kappa shape index (κ1) is 14.3. The van der Waals surface area contributed by atoms with Gasteiger partial charge >= 0.3 is 0 Å². The first-order valence-corrected chi connectivity index (χ1v) is 8.09. The van der Waals surface area contributed by atoms with Crippen molar-refractivity contribution in [1.29, 1.82) is 0 Å². The van der Waals surface area contributed by atoms with Crippen LogP contribution in [0.3, 0.4) is 0 Å². The zero-order valence-electron chi connectivity index (χ0n) is 13.1. The number of hydrogen-bond acceptors (Lipinski definition) is 3. The molecule has 1 aliphatic heterocycles. The Balaban J connectivity index is 2.08. The van der Waals surface area contributed by atoms with E-state index in [0.29, 0.717) is 6.04 Å². The van der Waals surface area contributed by atoms with E-state index < -0.39 is 0 Å². The number of fused-ring (bicyclic) bond motifs is 1. The molecule has 3 rings (SSSR count). The van der Waals surface area contributed by atoms with Crippen molar-refractivity contribution in [2.75, 3.05) is 18.5 Å². The molecule has 1 aromatic heterocycles. The summed E-state index contributed by atoms with van der Waals surface area (Å²) < 4.78 is 0. The fourth-order valence-corrected chi connectivity index (χ4v) is 3.39. The van der Waals surface area contributed by atoms with Gasteiger partial charge in [-0.1, -0.05) is 37.1 Å². The van der Waals surface area contributed by atoms with Crippen molar-refractivity contribution in [3.63, 3.8) is 0 Å². The zero-order valence-corrected chi connectivity index (χ0v) is 13.1. The molecule has 1 aliphatic rings. The largest absolute Gasteiger partial charge is 0.353 e. The molecule has 2 aromatic rings. The van der Waals surface area contributed by atoms with E-state index in [1.165, 1.54) is 47.8 Å². The van der Waals surface area contributed by atoms with Gasteiger partial charge in [-0.05, 0) is 37.8 Å². The SMILES string of the molecule is CNCc1cnc(N2CCCCCC2C)c2ccccc12. The molecule has 0 bridgehead atoms. The highest BCUT2D eigenvalue weighted by molar-refractivity contribution is 5.94. The minimum absolute atomic E-state index is 0.582. The number of nitrogens with one attached hydrogen (secondary N) is 1. The lowest BCUT2D eigenvalue weighted by atomic mass is 10.1. The molecule has 2 heterocycles. The summed E-state index contributed by atoms with van der Waals surface area (Å²) in [6.45, 7) is 4.33. The zero-order chi connectivity index (χ0) is 14.7. The van der Waals surface area contributed by atoms with Crippen LogP contribution >= 0.6 is 0 Å². The van der Waals surface area contributed by atoms with Gasteiger partial charge in [0.1, 0.15) is 5.82 Å². The predicted molar refractivity (Wildman–Crippen MR) is 89.8 cm³/mol. The topological polar surface area (TPSA) is 28.2 Å². The number of anilines is 1. The maximum atomic E-state index is 4.83. The van der Waals surface area contributed by atoms with Gasteiger partial charge in [0, 0.05) is 30.7 Å². The summed E-state index contributed by atoms with van der Waals surface area (Å²) in [4.78, 5) is 7.34. The van der Waals surface area contributed by atoms with E-state index in [2.05, 4.69) is 41.4 Å². The number of pyridine rings is 1. The minimum atomic E-state index is 0.582. The molecule has 1 N–H and O–H groups in total. The highest BCUT2D eigenvalue weighted by Crippen LogP contribution is 2.30. The van der Waals surface area contributed by atoms with Gasteiger partial charge in [0.05, 0.1) is 0 Å². The second kappa shape index (κ2) is 6.44. The van der Waals surface area contributed by atoms with E-state index in [0.717, 1.165) is 13.1 Å². The summed E-state index contributed by atoms with van der Waals surface area (Å²) in [5, 5.41) is 5.86. The molecule has 1 saturated heterocycles. The number of rotatable bonds is 3. The Hall–Kier alpha value is -1.61. The number of benzene rings is 1. The summed E-state index contributed by atoms with van der Waals surface area (Å²) in [6.07, 6.45) is 7.28. The van der Waals surface area contributed by atoms with Gasteiger partial charge in [-0.25, -0.2) is 4.98 Å². The summed E-state index contributed by atoms with van der Waals surface area (Å²) in [6, 6.07) is 9.26. The van der Waals surface area contributed by atoms with Crippen LogP contribution in [0.25, 0.3) is 10.8 Å². The molecular formula is C18H25N3. The van der Waals surface area contributed by atoms with Gasteiger partial charge in [0.15, 0.2) is 0 Å². The lowest BCUT2D eigenvalue weighted by Gasteiger charge is -2.29. The second-order valence-corrected chi connectivity index (χ2v) is 6.07. The average molecular weight is 283 g/mol. The van der Waals surface area contributed by atoms with Gasteiger partial charge in [0.25, 0.3) is 0 Å². The molecule has 112 valence electrons. The molecule has 1 unspecified atom stereocenters. The Morgan fingerprint density at radius 2 is 2.00 bits per heavy atom. The monoisotopic (exact) mass is 283 g/mol. The van der Waals surface area contributed by atoms with Crippen LogP contribution in [-0.2, 0) is 6.54 Å². The van der Waals surface area contributed by atoms with Crippen LogP contribution in [0.5, 0.6) is 0 Å². The number of nitrogens with zero attached hydrogens (tertiary/aromatic N) is 2. The molecule has 0 aliphatic carbocycles. The third-order valence-electron chi connectivity index (χ3n) is 4.55. The third kappa shape index (κ3) is 2.88. The van der Waals surface area contributed by atoms with Crippen LogP contribution in [0.4, 0.5) is 5.82 Å². The lowest BCUT2D eigenvalue weighted by Crippen LogP contribution is -2.33. The van der Waals surface area contributed by atoms with Crippen molar-refractivity contribution in [2.45, 2.75) is 45.2 Å². The summed E-state index contributed by atoms with van der Waals surface area (Å²) >= 11 is 0. The molecule has 1 fully saturated rings. The normalized spacial score (nSPS) is 19.7. The first-order valence-electron chi connectivity index (χ1n) is 8.09. The highest BCUT2D eigenvalue weighted by Gasteiger charge is 2.20. The van der Waals surface area contributed by atoms with Gasteiger partial charge in [-0.15, -0.1) is 0 Å². The number of aromatic nitrogens is 1. The summed E-state index contributed by atoms with van der Waals surface area (Å²) in [5.74, 6) is 1.17. The Morgan fingerprint density at radius 1 is 1.19 bits per heavy atom.